The molecule has 6 nitrogen and oxygen atoms in total. The van der Waals surface area contributed by atoms with E-state index in [1.165, 1.54) is 0 Å². The van der Waals surface area contributed by atoms with Crippen molar-refractivity contribution in [3.05, 3.63) is 48.5 Å². The summed E-state index contributed by atoms with van der Waals surface area (Å²) >= 11 is 0. The van der Waals surface area contributed by atoms with Gasteiger partial charge in [-0.15, -0.1) is 0 Å². The smallest absolute Gasteiger partial charge is 0.224 e. The fourth-order valence-corrected chi connectivity index (χ4v) is 3.79. The Morgan fingerprint density at radius 2 is 1.65 bits per heavy atom. The van der Waals surface area contributed by atoms with Gasteiger partial charge in [-0.3, -0.25) is 9.59 Å². The first-order valence-electron chi connectivity index (χ1n) is 11.1. The molecule has 2 amide bonds. The third kappa shape index (κ3) is 5.72. The number of fused-ring (bicyclic) bond motifs is 1. The van der Waals surface area contributed by atoms with Crippen LogP contribution >= 0.6 is 0 Å². The van der Waals surface area contributed by atoms with E-state index in [9.17, 15) is 9.59 Å². The molecule has 3 aromatic rings. The first kappa shape index (κ1) is 22.5. The number of carbonyl (C=O) groups is 2. The normalized spacial score (nSPS) is 10.9. The van der Waals surface area contributed by atoms with Crippen LogP contribution in [0.1, 0.15) is 46.0 Å². The van der Waals surface area contributed by atoms with E-state index < -0.39 is 0 Å². The van der Waals surface area contributed by atoms with E-state index in [0.29, 0.717) is 19.3 Å². The van der Waals surface area contributed by atoms with Gasteiger partial charge in [0.15, 0.2) is 0 Å². The topological polar surface area (TPSA) is 67.2 Å². The summed E-state index contributed by atoms with van der Waals surface area (Å²) < 4.78 is 2.07. The van der Waals surface area contributed by atoms with E-state index in [4.69, 9.17) is 4.98 Å². The second-order valence-electron chi connectivity index (χ2n) is 7.84. The van der Waals surface area contributed by atoms with Crippen LogP contribution in [0.4, 0.5) is 5.69 Å². The number of rotatable bonds is 10. The van der Waals surface area contributed by atoms with Crippen LogP contribution in [-0.2, 0) is 16.6 Å². The van der Waals surface area contributed by atoms with E-state index in [0.717, 1.165) is 54.0 Å². The van der Waals surface area contributed by atoms with Crippen molar-refractivity contribution in [1.29, 1.82) is 0 Å². The minimum atomic E-state index is -0.0687. The van der Waals surface area contributed by atoms with Crippen molar-refractivity contribution in [3.63, 3.8) is 0 Å². The van der Waals surface area contributed by atoms with E-state index in [1.54, 1.807) is 0 Å². The van der Waals surface area contributed by atoms with Gasteiger partial charge in [0.1, 0.15) is 5.82 Å². The summed E-state index contributed by atoms with van der Waals surface area (Å²) in [5, 5.41) is 2.92. The molecule has 0 bridgehead atoms. The monoisotopic (exact) mass is 420 g/mol. The molecule has 0 atom stereocenters. The van der Waals surface area contributed by atoms with Gasteiger partial charge in [-0.1, -0.05) is 26.0 Å². The molecule has 0 aliphatic carbocycles. The largest absolute Gasteiger partial charge is 0.343 e. The van der Waals surface area contributed by atoms with Crippen LogP contribution < -0.4 is 5.32 Å². The molecule has 164 valence electrons. The third-order valence-corrected chi connectivity index (χ3v) is 5.35. The van der Waals surface area contributed by atoms with Gasteiger partial charge < -0.3 is 14.8 Å². The average Bonchev–Trinajstić information content (AvgIpc) is 3.11. The van der Waals surface area contributed by atoms with E-state index in [1.807, 2.05) is 54.4 Å². The second-order valence-corrected chi connectivity index (χ2v) is 7.84. The van der Waals surface area contributed by atoms with Gasteiger partial charge in [0.2, 0.25) is 11.8 Å². The highest BCUT2D eigenvalue weighted by Crippen LogP contribution is 2.24. The maximum Gasteiger partial charge on any atom is 0.224 e. The van der Waals surface area contributed by atoms with Crippen molar-refractivity contribution in [1.82, 2.24) is 14.5 Å². The highest BCUT2D eigenvalue weighted by Gasteiger charge is 2.13. The van der Waals surface area contributed by atoms with Crippen molar-refractivity contribution >= 4 is 28.5 Å². The molecule has 2 aromatic carbocycles. The zero-order valence-corrected chi connectivity index (χ0v) is 18.7. The lowest BCUT2D eigenvalue weighted by Gasteiger charge is -2.21. The number of carbonyl (C=O) groups excluding carboxylic acids is 2. The van der Waals surface area contributed by atoms with E-state index in [2.05, 4.69) is 29.8 Å². The first-order valence-corrected chi connectivity index (χ1v) is 11.1. The van der Waals surface area contributed by atoms with E-state index >= 15 is 0 Å². The molecular weight excluding hydrogens is 388 g/mol. The summed E-state index contributed by atoms with van der Waals surface area (Å²) in [6, 6.07) is 15.8. The van der Waals surface area contributed by atoms with Crippen LogP contribution in [0, 0.1) is 0 Å². The summed E-state index contributed by atoms with van der Waals surface area (Å²) in [5.74, 6) is 0.963. The molecule has 1 aromatic heterocycles. The molecule has 3 rings (SSSR count). The first-order chi connectivity index (χ1) is 15.0. The van der Waals surface area contributed by atoms with Crippen molar-refractivity contribution in [3.8, 4) is 11.4 Å². The summed E-state index contributed by atoms with van der Waals surface area (Å²) in [4.78, 5) is 31.2. The quantitative estimate of drug-likeness (QED) is 0.502. The van der Waals surface area contributed by atoms with Crippen molar-refractivity contribution in [2.45, 2.75) is 46.0 Å². The molecule has 1 heterocycles. The highest BCUT2D eigenvalue weighted by atomic mass is 16.2. The number of benzene rings is 2. The minimum absolute atomic E-state index is 0.0687. The van der Waals surface area contributed by atoms with Crippen LogP contribution in [0.2, 0.25) is 0 Å². The van der Waals surface area contributed by atoms with Crippen molar-refractivity contribution < 1.29 is 9.59 Å². The maximum atomic E-state index is 12.3. The summed E-state index contributed by atoms with van der Waals surface area (Å²) in [6.45, 7) is 5.73. The standard InChI is InChI=1S/C25H32N4O2/c1-4-17-29(18-5-2)24(31)12-8-11-23(30)26-20-15-13-19(14-16-20)25-27-21-9-6-7-10-22(21)28(25)3/h6-7,9-10,13-16H,4-5,8,11-12,17-18H2,1-3H3,(H,26,30). The van der Waals surface area contributed by atoms with Crippen molar-refractivity contribution in [2.24, 2.45) is 7.05 Å². The molecule has 0 saturated carbocycles. The van der Waals surface area contributed by atoms with Gasteiger partial charge in [-0.05, 0) is 55.7 Å². The number of aryl methyl sites for hydroxylation is 1. The lowest BCUT2D eigenvalue weighted by molar-refractivity contribution is -0.131. The van der Waals surface area contributed by atoms with Crippen LogP contribution in [0.15, 0.2) is 48.5 Å². The van der Waals surface area contributed by atoms with Gasteiger partial charge >= 0.3 is 0 Å². The fraction of sp³-hybridized carbons (Fsp3) is 0.400. The number of imidazole rings is 1. The Bertz CT molecular complexity index is 1020. The lowest BCUT2D eigenvalue weighted by atomic mass is 10.1. The van der Waals surface area contributed by atoms with Crippen LogP contribution in [-0.4, -0.2) is 39.4 Å². The fourth-order valence-electron chi connectivity index (χ4n) is 3.79. The lowest BCUT2D eigenvalue weighted by Crippen LogP contribution is -2.32. The molecule has 31 heavy (non-hydrogen) atoms. The Balaban J connectivity index is 1.53. The maximum absolute atomic E-state index is 12.3. The number of nitrogens with zero attached hydrogens (tertiary/aromatic N) is 3. The van der Waals surface area contributed by atoms with Crippen molar-refractivity contribution in [2.75, 3.05) is 18.4 Å². The number of hydrogen-bond acceptors (Lipinski definition) is 3. The molecule has 6 heteroatoms. The molecular formula is C25H32N4O2. The molecule has 0 fully saturated rings. The molecule has 1 N–H and O–H groups in total. The number of anilines is 1. The molecule has 0 aliphatic heterocycles. The van der Waals surface area contributed by atoms with Gasteiger partial charge in [0.25, 0.3) is 0 Å². The number of aromatic nitrogens is 2. The number of nitrogens with one attached hydrogen (secondary N) is 1. The number of hydrogen-bond donors (Lipinski definition) is 1. The summed E-state index contributed by atoms with van der Waals surface area (Å²) in [7, 11) is 2.00. The van der Waals surface area contributed by atoms with E-state index in [-0.39, 0.29) is 11.8 Å². The predicted octanol–water partition coefficient (Wildman–Crippen LogP) is 5.00. The molecule has 0 saturated heterocycles. The van der Waals surface area contributed by atoms with Gasteiger partial charge in [0.05, 0.1) is 11.0 Å². The molecule has 0 radical (unpaired) electrons. The van der Waals surface area contributed by atoms with Gasteiger partial charge in [-0.25, -0.2) is 4.98 Å². The molecule has 0 unspecified atom stereocenters. The summed E-state index contributed by atoms with van der Waals surface area (Å²) in [6.07, 6.45) is 3.23. The van der Waals surface area contributed by atoms with Crippen LogP contribution in [0.5, 0.6) is 0 Å². The average molecular weight is 421 g/mol. The Morgan fingerprint density at radius 1 is 0.968 bits per heavy atom. The molecule has 0 spiro atoms. The van der Waals surface area contributed by atoms with Gasteiger partial charge in [-0.2, -0.15) is 0 Å². The Hall–Kier alpha value is -3.15. The summed E-state index contributed by atoms with van der Waals surface area (Å²) in [5.41, 5.74) is 3.79. The number of para-hydroxylation sites is 2. The Kier molecular flexibility index (Phi) is 7.82. The Labute approximate surface area is 184 Å². The predicted molar refractivity (Wildman–Crippen MR) is 126 cm³/mol. The minimum Gasteiger partial charge on any atom is -0.343 e. The second kappa shape index (κ2) is 10.8. The Morgan fingerprint density at radius 3 is 2.29 bits per heavy atom. The number of amides is 2. The molecule has 0 aliphatic rings. The van der Waals surface area contributed by atoms with Crippen LogP contribution in [0.3, 0.4) is 0 Å². The van der Waals surface area contributed by atoms with Crippen LogP contribution in [0.25, 0.3) is 22.4 Å². The zero-order chi connectivity index (χ0) is 22.2. The SMILES string of the molecule is CCCN(CCC)C(=O)CCCC(=O)Nc1ccc(-c2nc3ccccc3n2C)cc1. The van der Waals surface area contributed by atoms with Gasteiger partial charge in [0, 0.05) is 44.2 Å². The highest BCUT2D eigenvalue weighted by molar-refractivity contribution is 5.91. The zero-order valence-electron chi connectivity index (χ0n) is 18.7. The third-order valence-electron chi connectivity index (χ3n) is 5.35.